The van der Waals surface area contributed by atoms with Crippen LogP contribution in [0.15, 0.2) is 0 Å². The van der Waals surface area contributed by atoms with Crippen LogP contribution in [0.25, 0.3) is 0 Å². The van der Waals surface area contributed by atoms with Gasteiger partial charge in [0.2, 0.25) is 0 Å². The first-order valence-electron chi connectivity index (χ1n) is 13.4. The van der Waals surface area contributed by atoms with Crippen molar-refractivity contribution < 1.29 is 24.5 Å². The Bertz CT molecular complexity index is 835. The van der Waals surface area contributed by atoms with Crippen molar-refractivity contribution in [3.63, 3.8) is 0 Å². The number of hydrogen-bond donors (Lipinski definition) is 2. The van der Waals surface area contributed by atoms with Gasteiger partial charge in [-0.15, -0.1) is 0 Å². The van der Waals surface area contributed by atoms with Crippen molar-refractivity contribution in [1.29, 1.82) is 0 Å². The van der Waals surface area contributed by atoms with Gasteiger partial charge in [-0.1, -0.05) is 43.6 Å². The molecule has 2 N–H and O–H groups in total. The number of aliphatic hydroxyl groups is 2. The quantitative estimate of drug-likeness (QED) is 0.461. The van der Waals surface area contributed by atoms with Crippen LogP contribution >= 0.6 is 15.9 Å². The fourth-order valence-electron chi connectivity index (χ4n) is 10.1. The predicted octanol–water partition coefficient (Wildman–Crippen LogP) is 4.32. The van der Waals surface area contributed by atoms with Gasteiger partial charge in [-0.25, -0.2) is 0 Å². The molecule has 1 unspecified atom stereocenters. The molecule has 186 valence electrons. The molecule has 2 saturated heterocycles. The normalized spacial score (nSPS) is 62.5. The molecule has 6 heteroatoms. The lowest BCUT2D eigenvalue weighted by atomic mass is 9.43. The number of hydrogen-bond acceptors (Lipinski definition) is 5. The Kier molecular flexibility index (Phi) is 5.32. The number of carbonyl (C=O) groups excluding carboxylic acids is 1. The second-order valence-electron chi connectivity index (χ2n) is 13.2. The summed E-state index contributed by atoms with van der Waals surface area (Å²) >= 11 is 3.90. The zero-order valence-corrected chi connectivity index (χ0v) is 22.1. The van der Waals surface area contributed by atoms with E-state index in [1.807, 2.05) is 0 Å². The lowest BCUT2D eigenvalue weighted by Crippen LogP contribution is -2.64. The van der Waals surface area contributed by atoms with Crippen LogP contribution in [0.3, 0.4) is 0 Å². The summed E-state index contributed by atoms with van der Waals surface area (Å²) < 4.78 is 13.3. The van der Waals surface area contributed by atoms with Crippen molar-refractivity contribution in [1.82, 2.24) is 0 Å². The van der Waals surface area contributed by atoms with Crippen molar-refractivity contribution >= 4 is 21.7 Å². The third kappa shape index (κ3) is 2.88. The third-order valence-electron chi connectivity index (χ3n) is 11.7. The van der Waals surface area contributed by atoms with Crippen LogP contribution in [0.5, 0.6) is 0 Å². The number of fused-ring (bicyclic) bond motifs is 7. The van der Waals surface area contributed by atoms with Crippen LogP contribution in [-0.2, 0) is 14.3 Å². The molecule has 0 aromatic heterocycles. The maximum Gasteiger partial charge on any atom is 0.184 e. The van der Waals surface area contributed by atoms with Crippen LogP contribution in [-0.4, -0.2) is 51.5 Å². The molecule has 2 heterocycles. The molecule has 0 bridgehead atoms. The van der Waals surface area contributed by atoms with E-state index in [1.165, 1.54) is 0 Å². The number of carbonyl (C=O) groups is 1. The van der Waals surface area contributed by atoms with Gasteiger partial charge in [-0.3, -0.25) is 4.79 Å². The molecule has 4 aliphatic carbocycles. The molecule has 4 saturated carbocycles. The van der Waals surface area contributed by atoms with Crippen LogP contribution in [0.2, 0.25) is 0 Å². The lowest BCUT2D eigenvalue weighted by Gasteiger charge is -2.61. The van der Waals surface area contributed by atoms with Crippen molar-refractivity contribution in [2.45, 2.75) is 102 Å². The van der Waals surface area contributed by atoms with Crippen molar-refractivity contribution in [2.24, 2.45) is 52.3 Å². The van der Waals surface area contributed by atoms with Crippen molar-refractivity contribution in [2.75, 3.05) is 6.61 Å². The highest BCUT2D eigenvalue weighted by Crippen LogP contribution is 2.70. The van der Waals surface area contributed by atoms with E-state index in [4.69, 9.17) is 9.47 Å². The van der Waals surface area contributed by atoms with Crippen LogP contribution < -0.4 is 0 Å². The minimum Gasteiger partial charge on any atom is -0.393 e. The maximum absolute atomic E-state index is 14.0. The molecule has 0 radical (unpaired) electrons. The van der Waals surface area contributed by atoms with E-state index in [9.17, 15) is 15.0 Å². The molecular weight excluding hydrogens is 484 g/mol. The van der Waals surface area contributed by atoms with Gasteiger partial charge in [0, 0.05) is 23.2 Å². The minimum absolute atomic E-state index is 0.0309. The Morgan fingerprint density at radius 1 is 1.06 bits per heavy atom. The summed E-state index contributed by atoms with van der Waals surface area (Å²) in [5.74, 6) is 1.05. The Hall–Kier alpha value is -0.0100. The summed E-state index contributed by atoms with van der Waals surface area (Å²) in [5, 5.41) is 22.1. The first-order valence-corrected chi connectivity index (χ1v) is 14.3. The largest absolute Gasteiger partial charge is 0.393 e. The number of ether oxygens (including phenoxy) is 2. The molecule has 0 amide bonds. The molecule has 6 rings (SSSR count). The topological polar surface area (TPSA) is 76.0 Å². The van der Waals surface area contributed by atoms with E-state index in [1.54, 1.807) is 0 Å². The van der Waals surface area contributed by atoms with E-state index in [0.29, 0.717) is 30.3 Å². The smallest absolute Gasteiger partial charge is 0.184 e. The monoisotopic (exact) mass is 524 g/mol. The first-order chi connectivity index (χ1) is 15.5. The summed E-state index contributed by atoms with van der Waals surface area (Å²) in [6, 6.07) is 0. The number of alkyl halides is 1. The average Bonchev–Trinajstić information content (AvgIpc) is 3.22. The number of aliphatic hydroxyl groups excluding tert-OH is 2. The number of halogens is 1. The van der Waals surface area contributed by atoms with E-state index >= 15 is 0 Å². The summed E-state index contributed by atoms with van der Waals surface area (Å²) in [6.07, 6.45) is 5.38. The molecule has 33 heavy (non-hydrogen) atoms. The van der Waals surface area contributed by atoms with Gasteiger partial charge in [-0.05, 0) is 74.0 Å². The summed E-state index contributed by atoms with van der Waals surface area (Å²) in [7, 11) is 0. The summed E-state index contributed by atoms with van der Waals surface area (Å²) in [4.78, 5) is 14.2. The van der Waals surface area contributed by atoms with Crippen LogP contribution in [0.1, 0.15) is 72.6 Å². The van der Waals surface area contributed by atoms with Gasteiger partial charge in [0.25, 0.3) is 0 Å². The van der Waals surface area contributed by atoms with Crippen LogP contribution in [0.4, 0.5) is 0 Å². The molecular formula is C27H41BrO5. The average molecular weight is 526 g/mol. The van der Waals surface area contributed by atoms with Gasteiger partial charge in [0.15, 0.2) is 11.6 Å². The number of rotatable bonds is 0. The SMILES string of the molecule is C[C@H]1CO[C@@]2(O[C@H]3C[C@H]4[C@@H]5CC[C@H]6C[C@@H](O)CC[C@]6(C)[C@H]5C(=O)[C@@H](O)[C@]4(C)[C@H]3[C@@H]2C)C(Br)C1. The Labute approximate surface area is 206 Å². The first kappa shape index (κ1) is 23.4. The second kappa shape index (κ2) is 7.50. The zero-order valence-electron chi connectivity index (χ0n) is 20.5. The van der Waals surface area contributed by atoms with Gasteiger partial charge in [-0.2, -0.15) is 0 Å². The molecule has 2 aliphatic heterocycles. The highest BCUT2D eigenvalue weighted by Gasteiger charge is 2.74. The Morgan fingerprint density at radius 2 is 1.82 bits per heavy atom. The molecule has 14 atom stereocenters. The molecule has 0 aromatic carbocycles. The Morgan fingerprint density at radius 3 is 2.55 bits per heavy atom. The summed E-state index contributed by atoms with van der Waals surface area (Å²) in [5.41, 5.74) is -0.571. The summed E-state index contributed by atoms with van der Waals surface area (Å²) in [6.45, 7) is 9.61. The van der Waals surface area contributed by atoms with Crippen molar-refractivity contribution in [3.8, 4) is 0 Å². The molecule has 1 spiro atoms. The van der Waals surface area contributed by atoms with Gasteiger partial charge < -0.3 is 19.7 Å². The minimum atomic E-state index is -0.946. The van der Waals surface area contributed by atoms with E-state index in [-0.39, 0.29) is 46.0 Å². The molecule has 6 fully saturated rings. The standard InChI is InChI=1S/C27H41BrO5/c1-13-9-20(28)27(32-12-13)14(2)21-19(33-27)11-18-17-6-5-15-10-16(29)7-8-25(15,3)22(17)23(30)24(31)26(18,21)4/h13-22,24,29,31H,5-12H2,1-4H3/t13-,14+,15+,16+,17+,18+,19+,20?,21+,22-,24-,25+,26+,27+/m1/s1. The number of Topliss-reactive ketones (excluding diaryl/α,β-unsaturated/α-hetero) is 1. The van der Waals surface area contributed by atoms with Gasteiger partial charge >= 0.3 is 0 Å². The molecule has 5 nitrogen and oxygen atoms in total. The number of ketones is 1. The van der Waals surface area contributed by atoms with E-state index in [0.717, 1.165) is 44.9 Å². The fourth-order valence-corrected chi connectivity index (χ4v) is 11.4. The molecule has 6 aliphatic rings. The molecule has 0 aromatic rings. The highest BCUT2D eigenvalue weighted by atomic mass is 79.9. The fraction of sp³-hybridized carbons (Fsp3) is 0.963. The second-order valence-corrected chi connectivity index (χ2v) is 14.3. The zero-order chi connectivity index (χ0) is 23.5. The van der Waals surface area contributed by atoms with Gasteiger partial charge in [0.1, 0.15) is 6.10 Å². The van der Waals surface area contributed by atoms with E-state index in [2.05, 4.69) is 43.6 Å². The maximum atomic E-state index is 14.0. The Balaban J connectivity index is 1.34. The van der Waals surface area contributed by atoms with Gasteiger partial charge in [0.05, 0.1) is 23.6 Å². The predicted molar refractivity (Wildman–Crippen MR) is 128 cm³/mol. The van der Waals surface area contributed by atoms with Crippen LogP contribution in [0, 0.1) is 52.3 Å². The highest BCUT2D eigenvalue weighted by molar-refractivity contribution is 9.09. The third-order valence-corrected chi connectivity index (χ3v) is 12.7. The lowest BCUT2D eigenvalue weighted by molar-refractivity contribution is -0.268. The van der Waals surface area contributed by atoms with E-state index < -0.39 is 17.3 Å². The van der Waals surface area contributed by atoms with Crippen molar-refractivity contribution in [3.05, 3.63) is 0 Å².